The van der Waals surface area contributed by atoms with Crippen LogP contribution in [0.4, 0.5) is 0 Å². The van der Waals surface area contributed by atoms with Crippen LogP contribution in [0.25, 0.3) is 0 Å². The van der Waals surface area contributed by atoms with Crippen LogP contribution in [0.3, 0.4) is 0 Å². The third-order valence-electron chi connectivity index (χ3n) is 9.85. The second kappa shape index (κ2) is 5.53. The average Bonchev–Trinajstić information content (AvgIpc) is 2.99. The van der Waals surface area contributed by atoms with Gasteiger partial charge in [0.25, 0.3) is 0 Å². The van der Waals surface area contributed by atoms with E-state index in [0.29, 0.717) is 17.8 Å². The van der Waals surface area contributed by atoms with Crippen LogP contribution in [-0.2, 0) is 23.8 Å². The minimum atomic E-state index is -0.185. The molecule has 0 aromatic carbocycles. The number of ether oxygens (including phenoxy) is 3. The molecule has 0 N–H and O–H groups in total. The molecule has 5 heteroatoms. The fourth-order valence-corrected chi connectivity index (χ4v) is 8.71. The zero-order valence-corrected chi connectivity index (χ0v) is 17.9. The van der Waals surface area contributed by atoms with Gasteiger partial charge in [-0.25, -0.2) is 0 Å². The van der Waals surface area contributed by atoms with Crippen molar-refractivity contribution in [3.63, 3.8) is 0 Å². The SMILES string of the molecule is CC(=O)O[C@@H]1CC[C@@]2(C)[C@@H]3CC[C@@]4(C)[C@@H](OC(C)=O)CC[C@@H]4[C@@H]3[C@@]3(C)O[C@@]23C1. The van der Waals surface area contributed by atoms with Crippen LogP contribution in [0.15, 0.2) is 0 Å². The minimum absolute atomic E-state index is 0.0173. The summed E-state index contributed by atoms with van der Waals surface area (Å²) in [5.41, 5.74) is -0.0762. The minimum Gasteiger partial charge on any atom is -0.462 e. The van der Waals surface area contributed by atoms with Gasteiger partial charge in [0.2, 0.25) is 0 Å². The van der Waals surface area contributed by atoms with Crippen LogP contribution in [0.2, 0.25) is 0 Å². The van der Waals surface area contributed by atoms with Gasteiger partial charge < -0.3 is 14.2 Å². The standard InChI is InChI=1S/C23H34O5/c1-13(24)26-15-8-11-21(4)17-9-10-20(3)16(6-7-18(20)27-14(2)25)19(17)22(5)23(21,12-15)28-22/h15-19H,6-12H2,1-5H3/t15-,16-,17-,18+,19+,20-,21+,22-,23+/m1/s1. The Bertz CT molecular complexity index is 735. The van der Waals surface area contributed by atoms with Crippen molar-refractivity contribution in [1.29, 1.82) is 0 Å². The Balaban J connectivity index is 1.47. The molecule has 9 atom stereocenters. The molecule has 4 saturated carbocycles. The van der Waals surface area contributed by atoms with Gasteiger partial charge >= 0.3 is 11.9 Å². The van der Waals surface area contributed by atoms with E-state index in [1.54, 1.807) is 0 Å². The van der Waals surface area contributed by atoms with Crippen molar-refractivity contribution in [3.05, 3.63) is 0 Å². The van der Waals surface area contributed by atoms with Gasteiger partial charge in [-0.3, -0.25) is 9.59 Å². The highest BCUT2D eigenvalue weighted by Crippen LogP contribution is 2.82. The molecule has 0 amide bonds. The number of carbonyl (C=O) groups is 2. The first-order valence-corrected chi connectivity index (χ1v) is 11.1. The highest BCUT2D eigenvalue weighted by atomic mass is 16.6. The lowest BCUT2D eigenvalue weighted by Gasteiger charge is -2.52. The van der Waals surface area contributed by atoms with E-state index < -0.39 is 0 Å². The van der Waals surface area contributed by atoms with Crippen LogP contribution < -0.4 is 0 Å². The second-order valence-electron chi connectivity index (χ2n) is 10.9. The van der Waals surface area contributed by atoms with E-state index in [1.165, 1.54) is 20.3 Å². The average molecular weight is 391 g/mol. The summed E-state index contributed by atoms with van der Waals surface area (Å²) in [7, 11) is 0. The maximum atomic E-state index is 11.7. The number of carbonyl (C=O) groups excluding carboxylic acids is 2. The van der Waals surface area contributed by atoms with E-state index in [-0.39, 0.29) is 46.2 Å². The van der Waals surface area contributed by atoms with Gasteiger partial charge in [-0.05, 0) is 63.2 Å². The van der Waals surface area contributed by atoms with E-state index in [2.05, 4.69) is 20.8 Å². The van der Waals surface area contributed by atoms with Gasteiger partial charge in [0.15, 0.2) is 0 Å². The Morgan fingerprint density at radius 1 is 0.893 bits per heavy atom. The Labute approximate surface area is 167 Å². The lowest BCUT2D eigenvalue weighted by molar-refractivity contribution is -0.160. The molecule has 1 aliphatic heterocycles. The lowest BCUT2D eigenvalue weighted by Crippen LogP contribution is -2.50. The maximum absolute atomic E-state index is 11.7. The van der Waals surface area contributed by atoms with Crippen molar-refractivity contribution in [2.45, 2.75) is 103 Å². The van der Waals surface area contributed by atoms with Gasteiger partial charge in [0, 0.05) is 31.1 Å². The van der Waals surface area contributed by atoms with Crippen LogP contribution in [-0.4, -0.2) is 35.3 Å². The lowest BCUT2D eigenvalue weighted by atomic mass is 9.54. The summed E-state index contributed by atoms with van der Waals surface area (Å²) in [6.45, 7) is 10.1. The number of hydrogen-bond donors (Lipinski definition) is 0. The summed E-state index contributed by atoms with van der Waals surface area (Å²) in [5, 5.41) is 0. The maximum Gasteiger partial charge on any atom is 0.302 e. The molecular weight excluding hydrogens is 356 g/mol. The van der Waals surface area contributed by atoms with Gasteiger partial charge in [-0.2, -0.15) is 0 Å². The molecule has 5 nitrogen and oxygen atoms in total. The molecular formula is C23H34O5. The normalized spacial score (nSPS) is 56.1. The number of fused-ring (bicyclic) bond motifs is 5. The summed E-state index contributed by atoms with van der Waals surface area (Å²) in [4.78, 5) is 23.2. The predicted octanol–water partition coefficient (Wildman–Crippen LogP) is 4.02. The monoisotopic (exact) mass is 390 g/mol. The van der Waals surface area contributed by atoms with Crippen molar-refractivity contribution in [3.8, 4) is 0 Å². The Hall–Kier alpha value is -1.10. The molecule has 0 unspecified atom stereocenters. The van der Waals surface area contributed by atoms with Gasteiger partial charge in [-0.1, -0.05) is 13.8 Å². The molecule has 28 heavy (non-hydrogen) atoms. The van der Waals surface area contributed by atoms with Gasteiger partial charge in [-0.15, -0.1) is 0 Å². The summed E-state index contributed by atoms with van der Waals surface area (Å²) in [6, 6.07) is 0. The van der Waals surface area contributed by atoms with Gasteiger partial charge in [0.1, 0.15) is 17.8 Å². The molecule has 5 rings (SSSR count). The fourth-order valence-electron chi connectivity index (χ4n) is 8.71. The van der Waals surface area contributed by atoms with Crippen LogP contribution in [0, 0.1) is 28.6 Å². The smallest absolute Gasteiger partial charge is 0.302 e. The van der Waals surface area contributed by atoms with E-state index in [4.69, 9.17) is 14.2 Å². The number of esters is 2. The molecule has 5 fully saturated rings. The molecule has 0 aromatic heterocycles. The van der Waals surface area contributed by atoms with Crippen molar-refractivity contribution < 1.29 is 23.8 Å². The number of rotatable bonds is 2. The summed E-state index contributed by atoms with van der Waals surface area (Å²) in [6.07, 6.45) is 7.28. The second-order valence-corrected chi connectivity index (χ2v) is 10.9. The summed E-state index contributed by atoms with van der Waals surface area (Å²) in [5.74, 6) is 1.35. The predicted molar refractivity (Wildman–Crippen MR) is 102 cm³/mol. The number of epoxide rings is 1. The van der Waals surface area contributed by atoms with E-state index in [1.807, 2.05) is 0 Å². The first-order chi connectivity index (χ1) is 13.1. The Kier molecular flexibility index (Phi) is 3.73. The van der Waals surface area contributed by atoms with Crippen molar-refractivity contribution >= 4 is 11.9 Å². The Morgan fingerprint density at radius 2 is 1.61 bits per heavy atom. The van der Waals surface area contributed by atoms with E-state index in [9.17, 15) is 9.59 Å². The fraction of sp³-hybridized carbons (Fsp3) is 0.913. The molecule has 1 saturated heterocycles. The molecule has 156 valence electrons. The largest absolute Gasteiger partial charge is 0.462 e. The first-order valence-electron chi connectivity index (χ1n) is 11.1. The van der Waals surface area contributed by atoms with Crippen molar-refractivity contribution in [1.82, 2.24) is 0 Å². The molecule has 0 aromatic rings. The zero-order chi connectivity index (χ0) is 20.1. The van der Waals surface area contributed by atoms with E-state index in [0.717, 1.165) is 38.5 Å². The molecule has 0 bridgehead atoms. The van der Waals surface area contributed by atoms with E-state index >= 15 is 0 Å². The highest BCUT2D eigenvalue weighted by Gasteiger charge is 2.88. The Morgan fingerprint density at radius 3 is 2.29 bits per heavy atom. The topological polar surface area (TPSA) is 65.1 Å². The number of hydrogen-bond acceptors (Lipinski definition) is 5. The first kappa shape index (κ1) is 18.9. The van der Waals surface area contributed by atoms with Gasteiger partial charge in [0.05, 0.1) is 5.60 Å². The molecule has 0 radical (unpaired) electrons. The van der Waals surface area contributed by atoms with Crippen LogP contribution in [0.1, 0.15) is 79.6 Å². The third-order valence-corrected chi connectivity index (χ3v) is 9.85. The molecule has 1 spiro atoms. The quantitative estimate of drug-likeness (QED) is 0.526. The molecule has 4 aliphatic carbocycles. The molecule has 1 heterocycles. The zero-order valence-electron chi connectivity index (χ0n) is 17.9. The molecule has 5 aliphatic rings. The summed E-state index contributed by atoms with van der Waals surface area (Å²) < 4.78 is 18.1. The summed E-state index contributed by atoms with van der Waals surface area (Å²) >= 11 is 0. The van der Waals surface area contributed by atoms with Crippen molar-refractivity contribution in [2.24, 2.45) is 28.6 Å². The van der Waals surface area contributed by atoms with Crippen LogP contribution in [0.5, 0.6) is 0 Å². The van der Waals surface area contributed by atoms with Crippen LogP contribution >= 0.6 is 0 Å². The van der Waals surface area contributed by atoms with Crippen molar-refractivity contribution in [2.75, 3.05) is 0 Å². The third kappa shape index (κ3) is 2.07. The highest BCUT2D eigenvalue weighted by molar-refractivity contribution is 5.66.